The number of rotatable bonds is 4. The van der Waals surface area contributed by atoms with Crippen LogP contribution in [0.1, 0.15) is 27.7 Å². The minimum atomic E-state index is -1.26. The van der Waals surface area contributed by atoms with Crippen molar-refractivity contribution < 1.29 is 14.0 Å². The van der Waals surface area contributed by atoms with Crippen molar-refractivity contribution in [3.63, 3.8) is 0 Å². The van der Waals surface area contributed by atoms with Crippen molar-refractivity contribution in [2.75, 3.05) is 14.2 Å². The molecular formula is C14H26BrNO3Si. The van der Waals surface area contributed by atoms with Crippen LogP contribution in [0.2, 0.25) is 13.1 Å². The van der Waals surface area contributed by atoms with Crippen molar-refractivity contribution in [1.82, 2.24) is 5.06 Å². The van der Waals surface area contributed by atoms with Gasteiger partial charge in [0.15, 0.2) is 5.76 Å². The minimum absolute atomic E-state index is 0.0351. The molecule has 1 heterocycles. The standard InChI is InChI=1S/C14H26BrNO3Si/c1-9-10(14(2,3)4)11(17-5)13(18-6)16(12(9)15)19-20(7)8/h13,20H,1-8H3. The molecule has 0 fully saturated rings. The van der Waals surface area contributed by atoms with Gasteiger partial charge in [-0.25, -0.2) is 5.06 Å². The Kier molecular flexibility index (Phi) is 5.89. The van der Waals surface area contributed by atoms with Crippen molar-refractivity contribution in [2.24, 2.45) is 5.41 Å². The Morgan fingerprint density at radius 1 is 1.20 bits per heavy atom. The molecule has 1 unspecified atom stereocenters. The first-order valence-corrected chi connectivity index (χ1v) is 10.4. The summed E-state index contributed by atoms with van der Waals surface area (Å²) in [5.74, 6) is 0.815. The van der Waals surface area contributed by atoms with Gasteiger partial charge in [-0.15, -0.1) is 0 Å². The average molecular weight is 364 g/mol. The van der Waals surface area contributed by atoms with Crippen molar-refractivity contribution in [3.05, 3.63) is 21.5 Å². The van der Waals surface area contributed by atoms with Gasteiger partial charge >= 0.3 is 0 Å². The zero-order valence-electron chi connectivity index (χ0n) is 13.7. The fourth-order valence-corrected chi connectivity index (χ4v) is 3.74. The van der Waals surface area contributed by atoms with Crippen LogP contribution in [0.4, 0.5) is 0 Å². The second-order valence-electron chi connectivity index (χ2n) is 6.18. The van der Waals surface area contributed by atoms with Crippen LogP contribution in [0.3, 0.4) is 0 Å². The number of hydrogen-bond acceptors (Lipinski definition) is 4. The first-order valence-electron chi connectivity index (χ1n) is 6.79. The number of hydroxylamine groups is 2. The van der Waals surface area contributed by atoms with Gasteiger partial charge in [-0.05, 0) is 46.9 Å². The first-order chi connectivity index (χ1) is 9.15. The van der Waals surface area contributed by atoms with E-state index in [0.29, 0.717) is 0 Å². The highest BCUT2D eigenvalue weighted by Crippen LogP contribution is 2.43. The lowest BCUT2D eigenvalue weighted by Gasteiger charge is -2.41. The van der Waals surface area contributed by atoms with Crippen LogP contribution >= 0.6 is 15.9 Å². The molecule has 0 spiro atoms. The summed E-state index contributed by atoms with van der Waals surface area (Å²) in [5.41, 5.74) is 2.24. The highest BCUT2D eigenvalue weighted by atomic mass is 79.9. The lowest BCUT2D eigenvalue weighted by atomic mass is 9.80. The van der Waals surface area contributed by atoms with Crippen LogP contribution < -0.4 is 0 Å². The van der Waals surface area contributed by atoms with Gasteiger partial charge in [0.2, 0.25) is 15.3 Å². The molecule has 1 rings (SSSR count). The number of hydrogen-bond donors (Lipinski definition) is 0. The van der Waals surface area contributed by atoms with Crippen molar-refractivity contribution >= 4 is 25.0 Å². The molecular weight excluding hydrogens is 338 g/mol. The number of halogens is 1. The molecule has 0 aliphatic carbocycles. The molecule has 116 valence electrons. The lowest BCUT2D eigenvalue weighted by Crippen LogP contribution is -2.44. The van der Waals surface area contributed by atoms with Gasteiger partial charge in [0.05, 0.1) is 7.11 Å². The van der Waals surface area contributed by atoms with Gasteiger partial charge in [-0.1, -0.05) is 20.8 Å². The SMILES string of the molecule is COC1=C(C(C)(C)C)C(C)=C(Br)N(O[SiH](C)C)C1OC. The van der Waals surface area contributed by atoms with E-state index in [0.717, 1.165) is 21.5 Å². The van der Waals surface area contributed by atoms with E-state index in [9.17, 15) is 0 Å². The molecule has 0 radical (unpaired) electrons. The molecule has 1 aliphatic rings. The zero-order chi connectivity index (χ0) is 15.7. The van der Waals surface area contributed by atoms with Crippen LogP contribution in [0.5, 0.6) is 0 Å². The minimum Gasteiger partial charge on any atom is -0.496 e. The number of ether oxygens (including phenoxy) is 2. The summed E-state index contributed by atoms with van der Waals surface area (Å²) in [6.45, 7) is 12.8. The molecule has 0 bridgehead atoms. The van der Waals surface area contributed by atoms with E-state index < -0.39 is 9.04 Å². The Labute approximate surface area is 132 Å². The fourth-order valence-electron chi connectivity index (χ4n) is 2.45. The molecule has 1 atom stereocenters. The number of allylic oxidation sites excluding steroid dienone is 2. The quantitative estimate of drug-likeness (QED) is 0.561. The Morgan fingerprint density at radius 3 is 2.10 bits per heavy atom. The molecule has 4 nitrogen and oxygen atoms in total. The Morgan fingerprint density at radius 2 is 1.75 bits per heavy atom. The molecule has 20 heavy (non-hydrogen) atoms. The summed E-state index contributed by atoms with van der Waals surface area (Å²) >= 11 is 3.65. The van der Waals surface area contributed by atoms with E-state index in [4.69, 9.17) is 14.0 Å². The summed E-state index contributed by atoms with van der Waals surface area (Å²) in [6, 6.07) is 0. The van der Waals surface area contributed by atoms with E-state index in [1.54, 1.807) is 19.3 Å². The molecule has 0 saturated carbocycles. The molecule has 0 aromatic rings. The number of nitrogens with zero attached hydrogens (tertiary/aromatic N) is 1. The highest BCUT2D eigenvalue weighted by Gasteiger charge is 2.39. The smallest absolute Gasteiger partial charge is 0.211 e. The molecule has 0 aromatic heterocycles. The van der Waals surface area contributed by atoms with Crippen LogP contribution in [0.15, 0.2) is 21.5 Å². The first kappa shape index (κ1) is 17.7. The maximum Gasteiger partial charge on any atom is 0.211 e. The van der Waals surface area contributed by atoms with E-state index in [1.807, 2.05) is 0 Å². The monoisotopic (exact) mass is 363 g/mol. The van der Waals surface area contributed by atoms with E-state index in [2.05, 4.69) is 56.7 Å². The molecule has 0 amide bonds. The predicted molar refractivity (Wildman–Crippen MR) is 87.7 cm³/mol. The Hall–Kier alpha value is -0.303. The third-order valence-electron chi connectivity index (χ3n) is 3.08. The molecule has 0 saturated heterocycles. The summed E-state index contributed by atoms with van der Waals surface area (Å²) in [4.78, 5) is 0. The van der Waals surface area contributed by atoms with Gasteiger partial charge in [-0.2, -0.15) is 0 Å². The van der Waals surface area contributed by atoms with E-state index >= 15 is 0 Å². The maximum atomic E-state index is 6.00. The second-order valence-corrected chi connectivity index (χ2v) is 9.24. The van der Waals surface area contributed by atoms with Crippen LogP contribution in [-0.2, 0) is 14.0 Å². The predicted octanol–water partition coefficient (Wildman–Crippen LogP) is 3.76. The summed E-state index contributed by atoms with van der Waals surface area (Å²) in [7, 11) is 2.10. The van der Waals surface area contributed by atoms with Crippen LogP contribution in [0.25, 0.3) is 0 Å². The molecule has 6 heteroatoms. The number of methoxy groups -OCH3 is 2. The third kappa shape index (κ3) is 3.47. The zero-order valence-corrected chi connectivity index (χ0v) is 16.4. The average Bonchev–Trinajstić information content (AvgIpc) is 2.32. The Bertz CT molecular complexity index is 427. The fraction of sp³-hybridized carbons (Fsp3) is 0.714. The van der Waals surface area contributed by atoms with Crippen molar-refractivity contribution in [3.8, 4) is 0 Å². The third-order valence-corrected chi connectivity index (χ3v) is 4.67. The summed E-state index contributed by atoms with van der Waals surface area (Å²) < 4.78 is 18.2. The molecule has 0 aromatic carbocycles. The maximum absolute atomic E-state index is 6.00. The summed E-state index contributed by atoms with van der Waals surface area (Å²) in [6.07, 6.45) is -0.359. The van der Waals surface area contributed by atoms with Gasteiger partial charge in [-0.3, -0.25) is 0 Å². The Balaban J connectivity index is 3.41. The molecule has 0 N–H and O–H groups in total. The summed E-state index contributed by atoms with van der Waals surface area (Å²) in [5, 5.41) is 1.79. The lowest BCUT2D eigenvalue weighted by molar-refractivity contribution is -0.156. The highest BCUT2D eigenvalue weighted by molar-refractivity contribution is 9.11. The second kappa shape index (κ2) is 6.64. The van der Waals surface area contributed by atoms with Crippen molar-refractivity contribution in [2.45, 2.75) is 47.0 Å². The van der Waals surface area contributed by atoms with Gasteiger partial charge in [0, 0.05) is 12.7 Å². The van der Waals surface area contributed by atoms with Gasteiger partial charge < -0.3 is 14.0 Å². The van der Waals surface area contributed by atoms with E-state index in [-0.39, 0.29) is 11.6 Å². The van der Waals surface area contributed by atoms with E-state index in [1.165, 1.54) is 0 Å². The largest absolute Gasteiger partial charge is 0.496 e. The van der Waals surface area contributed by atoms with Crippen LogP contribution in [-0.4, -0.2) is 34.6 Å². The van der Waals surface area contributed by atoms with Gasteiger partial charge in [0.1, 0.15) is 4.61 Å². The van der Waals surface area contributed by atoms with Gasteiger partial charge in [0.25, 0.3) is 0 Å². The topological polar surface area (TPSA) is 30.9 Å². The van der Waals surface area contributed by atoms with Crippen molar-refractivity contribution in [1.29, 1.82) is 0 Å². The van der Waals surface area contributed by atoms with Crippen LogP contribution in [0, 0.1) is 5.41 Å². The normalized spacial score (nSPS) is 21.1. The molecule has 1 aliphatic heterocycles.